The third kappa shape index (κ3) is 2.29. The Morgan fingerprint density at radius 3 is 2.60 bits per heavy atom. The van der Waals surface area contributed by atoms with Crippen molar-refractivity contribution in [3.05, 3.63) is 29.8 Å². The summed E-state index contributed by atoms with van der Waals surface area (Å²) < 4.78 is 0. The van der Waals surface area contributed by atoms with Crippen LogP contribution in [-0.2, 0) is 9.59 Å². The van der Waals surface area contributed by atoms with E-state index in [-0.39, 0.29) is 11.8 Å². The highest BCUT2D eigenvalue weighted by atomic mass is 16.2. The summed E-state index contributed by atoms with van der Waals surface area (Å²) in [5.41, 5.74) is 7.15. The molecule has 20 heavy (non-hydrogen) atoms. The molecule has 0 aromatic heterocycles. The van der Waals surface area contributed by atoms with E-state index < -0.39 is 11.6 Å². The highest BCUT2D eigenvalue weighted by Gasteiger charge is 2.47. The molecule has 1 aliphatic carbocycles. The van der Waals surface area contributed by atoms with Crippen LogP contribution in [0.15, 0.2) is 24.3 Å². The molecule has 1 heterocycles. The number of nitrogens with zero attached hydrogens (tertiary/aromatic N) is 1. The molecular weight excluding hydrogens is 254 g/mol. The number of nitrogens with one attached hydrogen (secondary N) is 1. The van der Waals surface area contributed by atoms with Crippen molar-refractivity contribution >= 4 is 17.5 Å². The maximum Gasteiger partial charge on any atom is 0.249 e. The molecular formula is C15H19N3O2. The Morgan fingerprint density at radius 1 is 1.35 bits per heavy atom. The molecule has 3 N–H and O–H groups in total. The Kier molecular flexibility index (Phi) is 3.01. The lowest BCUT2D eigenvalue weighted by Crippen LogP contribution is -2.49. The van der Waals surface area contributed by atoms with Crippen LogP contribution in [0.3, 0.4) is 0 Å². The van der Waals surface area contributed by atoms with Crippen molar-refractivity contribution in [3.8, 4) is 0 Å². The molecule has 106 valence electrons. The minimum Gasteiger partial charge on any atom is -0.343 e. The summed E-state index contributed by atoms with van der Waals surface area (Å²) in [7, 11) is 0. The molecule has 2 aliphatic rings. The van der Waals surface area contributed by atoms with Gasteiger partial charge in [0.05, 0.1) is 5.54 Å². The van der Waals surface area contributed by atoms with Crippen LogP contribution in [-0.4, -0.2) is 29.9 Å². The second-order valence-electron chi connectivity index (χ2n) is 5.80. The lowest BCUT2D eigenvalue weighted by atomic mass is 10.2. The molecule has 0 bridgehead atoms. The third-order valence-corrected chi connectivity index (χ3v) is 4.10. The first-order chi connectivity index (χ1) is 9.49. The van der Waals surface area contributed by atoms with E-state index >= 15 is 0 Å². The van der Waals surface area contributed by atoms with Crippen molar-refractivity contribution in [3.63, 3.8) is 0 Å². The molecule has 1 aromatic carbocycles. The highest BCUT2D eigenvalue weighted by Crippen LogP contribution is 2.32. The fourth-order valence-corrected chi connectivity index (χ4v) is 2.46. The zero-order valence-corrected chi connectivity index (χ0v) is 11.6. The predicted molar refractivity (Wildman–Crippen MR) is 76.2 cm³/mol. The summed E-state index contributed by atoms with van der Waals surface area (Å²) in [4.78, 5) is 26.0. The van der Waals surface area contributed by atoms with Crippen LogP contribution in [0.2, 0.25) is 0 Å². The number of hydrogen-bond donors (Lipinski definition) is 2. The summed E-state index contributed by atoms with van der Waals surface area (Å²) in [6.07, 6.45) is 2.05. The summed E-state index contributed by atoms with van der Waals surface area (Å²) in [6.45, 7) is 2.64. The third-order valence-electron chi connectivity index (χ3n) is 4.10. The molecule has 0 radical (unpaired) electrons. The molecule has 3 rings (SSSR count). The van der Waals surface area contributed by atoms with Crippen molar-refractivity contribution in [2.75, 3.05) is 11.4 Å². The van der Waals surface area contributed by atoms with Gasteiger partial charge in [0.2, 0.25) is 11.8 Å². The Bertz CT molecular complexity index is 549. The summed E-state index contributed by atoms with van der Waals surface area (Å²) in [5.74, 6) is -0.243. The molecule has 2 fully saturated rings. The Labute approximate surface area is 118 Å². The SMILES string of the molecule is Cc1ccc(N2CCC(NC(=O)C3(N)CC3)C2=O)cc1. The largest absolute Gasteiger partial charge is 0.343 e. The first-order valence-corrected chi connectivity index (χ1v) is 6.97. The van der Waals surface area contributed by atoms with Crippen molar-refractivity contribution in [2.24, 2.45) is 5.73 Å². The van der Waals surface area contributed by atoms with Crippen LogP contribution >= 0.6 is 0 Å². The summed E-state index contributed by atoms with van der Waals surface area (Å²) >= 11 is 0. The molecule has 0 spiro atoms. The van der Waals surface area contributed by atoms with Crippen molar-refractivity contribution < 1.29 is 9.59 Å². The van der Waals surface area contributed by atoms with E-state index in [2.05, 4.69) is 5.32 Å². The van der Waals surface area contributed by atoms with Crippen molar-refractivity contribution in [1.82, 2.24) is 5.32 Å². The number of carbonyl (C=O) groups is 2. The number of aryl methyl sites for hydroxylation is 1. The second kappa shape index (κ2) is 4.59. The van der Waals surface area contributed by atoms with E-state index in [1.165, 1.54) is 0 Å². The maximum atomic E-state index is 12.3. The number of nitrogens with two attached hydrogens (primary N) is 1. The standard InChI is InChI=1S/C15H19N3O2/c1-10-2-4-11(5-3-10)18-9-6-12(13(18)19)17-14(20)15(16)7-8-15/h2-5,12H,6-9,16H2,1H3,(H,17,20). The molecule has 5 nitrogen and oxygen atoms in total. The van der Waals surface area contributed by atoms with Gasteiger partial charge in [0, 0.05) is 12.2 Å². The van der Waals surface area contributed by atoms with Gasteiger partial charge in [-0.1, -0.05) is 17.7 Å². The minimum absolute atomic E-state index is 0.0496. The summed E-state index contributed by atoms with van der Waals surface area (Å²) in [6, 6.07) is 7.39. The van der Waals surface area contributed by atoms with Gasteiger partial charge in [0.15, 0.2) is 0 Å². The average molecular weight is 273 g/mol. The first kappa shape index (κ1) is 13.1. The monoisotopic (exact) mass is 273 g/mol. The Hall–Kier alpha value is -1.88. The summed E-state index contributed by atoms with van der Waals surface area (Å²) in [5, 5.41) is 2.79. The Morgan fingerprint density at radius 2 is 2.00 bits per heavy atom. The quantitative estimate of drug-likeness (QED) is 0.851. The van der Waals surface area contributed by atoms with E-state index in [4.69, 9.17) is 5.73 Å². The van der Waals surface area contributed by atoms with Gasteiger partial charge in [-0.15, -0.1) is 0 Å². The van der Waals surface area contributed by atoms with Gasteiger partial charge < -0.3 is 16.0 Å². The zero-order chi connectivity index (χ0) is 14.3. The normalized spacial score (nSPS) is 23.8. The molecule has 1 unspecified atom stereocenters. The van der Waals surface area contributed by atoms with Crippen LogP contribution in [0.1, 0.15) is 24.8 Å². The highest BCUT2D eigenvalue weighted by molar-refractivity contribution is 6.02. The van der Waals surface area contributed by atoms with E-state index in [9.17, 15) is 9.59 Å². The molecule has 1 saturated heterocycles. The fourth-order valence-electron chi connectivity index (χ4n) is 2.46. The number of anilines is 1. The van der Waals surface area contributed by atoms with Crippen LogP contribution in [0.5, 0.6) is 0 Å². The van der Waals surface area contributed by atoms with Gasteiger partial charge in [-0.25, -0.2) is 0 Å². The molecule has 1 saturated carbocycles. The maximum absolute atomic E-state index is 12.3. The van der Waals surface area contributed by atoms with E-state index in [1.54, 1.807) is 4.90 Å². The number of benzene rings is 1. The molecule has 2 amide bonds. The van der Waals surface area contributed by atoms with Gasteiger partial charge in [-0.3, -0.25) is 9.59 Å². The van der Waals surface area contributed by atoms with Crippen LogP contribution < -0.4 is 16.0 Å². The number of carbonyl (C=O) groups excluding carboxylic acids is 2. The fraction of sp³-hybridized carbons (Fsp3) is 0.467. The molecule has 1 aromatic rings. The topological polar surface area (TPSA) is 75.4 Å². The van der Waals surface area contributed by atoms with Gasteiger partial charge in [0.25, 0.3) is 0 Å². The minimum atomic E-state index is -0.725. The van der Waals surface area contributed by atoms with E-state index in [0.29, 0.717) is 25.8 Å². The first-order valence-electron chi connectivity index (χ1n) is 6.97. The average Bonchev–Trinajstić information content (AvgIpc) is 3.09. The van der Waals surface area contributed by atoms with Crippen molar-refractivity contribution in [2.45, 2.75) is 37.8 Å². The predicted octanol–water partition coefficient (Wildman–Crippen LogP) is 0.708. The zero-order valence-electron chi connectivity index (χ0n) is 11.6. The Balaban J connectivity index is 1.67. The van der Waals surface area contributed by atoms with Crippen LogP contribution in [0.25, 0.3) is 0 Å². The number of hydrogen-bond acceptors (Lipinski definition) is 3. The molecule has 5 heteroatoms. The second-order valence-corrected chi connectivity index (χ2v) is 5.80. The van der Waals surface area contributed by atoms with Crippen LogP contribution in [0.4, 0.5) is 5.69 Å². The molecule has 1 atom stereocenters. The van der Waals surface area contributed by atoms with E-state index in [0.717, 1.165) is 11.3 Å². The lowest BCUT2D eigenvalue weighted by molar-refractivity contribution is -0.127. The molecule has 1 aliphatic heterocycles. The number of rotatable bonds is 3. The van der Waals surface area contributed by atoms with Gasteiger partial charge >= 0.3 is 0 Å². The lowest BCUT2D eigenvalue weighted by Gasteiger charge is -2.18. The number of amides is 2. The van der Waals surface area contributed by atoms with Gasteiger partial charge in [-0.05, 0) is 38.3 Å². The van der Waals surface area contributed by atoms with Crippen molar-refractivity contribution in [1.29, 1.82) is 0 Å². The van der Waals surface area contributed by atoms with Gasteiger partial charge in [-0.2, -0.15) is 0 Å². The van der Waals surface area contributed by atoms with E-state index in [1.807, 2.05) is 31.2 Å². The smallest absolute Gasteiger partial charge is 0.249 e. The van der Waals surface area contributed by atoms with Crippen LogP contribution in [0, 0.1) is 6.92 Å². The van der Waals surface area contributed by atoms with Gasteiger partial charge in [0.1, 0.15) is 6.04 Å².